The lowest BCUT2D eigenvalue weighted by molar-refractivity contribution is -0.115. The van der Waals surface area contributed by atoms with Crippen LogP contribution in [0.25, 0.3) is 22.6 Å². The van der Waals surface area contributed by atoms with Gasteiger partial charge in [0.1, 0.15) is 11.6 Å². The number of hydrogen-bond donors (Lipinski definition) is 1. The van der Waals surface area contributed by atoms with Crippen molar-refractivity contribution in [3.05, 3.63) is 82.0 Å². The number of pyridine rings is 1. The number of carboxylic acids is 1. The van der Waals surface area contributed by atoms with Crippen LogP contribution < -0.4 is 4.90 Å². The van der Waals surface area contributed by atoms with Crippen molar-refractivity contribution in [3.8, 4) is 0 Å². The highest BCUT2D eigenvalue weighted by molar-refractivity contribution is 7.14. The molecule has 1 aliphatic carbocycles. The van der Waals surface area contributed by atoms with Crippen LogP contribution in [0.2, 0.25) is 0 Å². The Morgan fingerprint density at radius 3 is 2.66 bits per heavy atom. The maximum atomic E-state index is 14.4. The fourth-order valence-corrected chi connectivity index (χ4v) is 5.25. The number of amides is 1. The van der Waals surface area contributed by atoms with Gasteiger partial charge in [0, 0.05) is 23.8 Å². The third-order valence-corrected chi connectivity index (χ3v) is 6.72. The van der Waals surface area contributed by atoms with E-state index >= 15 is 0 Å². The molecule has 0 aliphatic heterocycles. The predicted octanol–water partition coefficient (Wildman–Crippen LogP) is 6.23. The number of para-hydroxylation sites is 1. The molecule has 2 aromatic heterocycles. The standard InChI is InChI=1S/C26H19F2N3O3S/c1-14(32)31(22-10-9-16(27)12-20(22)28)26-29-17(13-35-26)11-15-5-4-7-19-23(25(33)34)18-6-2-3-8-21(18)30-24(15)19/h2-3,6,8-13H,4-5,7H2,1H3,(H,33,34)/b15-11+. The highest BCUT2D eigenvalue weighted by Gasteiger charge is 2.26. The number of fused-ring (bicyclic) bond motifs is 2. The van der Waals surface area contributed by atoms with E-state index < -0.39 is 23.5 Å². The molecule has 35 heavy (non-hydrogen) atoms. The number of aromatic carboxylic acids is 1. The fraction of sp³-hybridized carbons (Fsp3) is 0.154. The van der Waals surface area contributed by atoms with E-state index in [1.165, 1.54) is 13.0 Å². The molecule has 1 N–H and O–H groups in total. The van der Waals surface area contributed by atoms with Crippen LogP contribution in [-0.2, 0) is 11.2 Å². The van der Waals surface area contributed by atoms with E-state index in [-0.39, 0.29) is 16.4 Å². The number of carboxylic acid groups (broad SMARTS) is 1. The molecule has 0 bridgehead atoms. The number of thiazole rings is 1. The number of rotatable bonds is 4. The molecule has 4 aromatic rings. The molecule has 0 unspecified atom stereocenters. The minimum absolute atomic E-state index is 0.0882. The lowest BCUT2D eigenvalue weighted by Crippen LogP contribution is -2.23. The summed E-state index contributed by atoms with van der Waals surface area (Å²) in [4.78, 5) is 34.8. The van der Waals surface area contributed by atoms with Gasteiger partial charge in [-0.15, -0.1) is 11.3 Å². The number of nitrogens with zero attached hydrogens (tertiary/aromatic N) is 3. The molecule has 1 amide bonds. The maximum absolute atomic E-state index is 14.4. The first-order valence-electron chi connectivity index (χ1n) is 10.9. The highest BCUT2D eigenvalue weighted by Crippen LogP contribution is 2.37. The van der Waals surface area contributed by atoms with Crippen molar-refractivity contribution in [2.24, 2.45) is 0 Å². The smallest absolute Gasteiger partial charge is 0.336 e. The Balaban J connectivity index is 1.58. The molecule has 6 nitrogen and oxygen atoms in total. The summed E-state index contributed by atoms with van der Waals surface area (Å²) in [7, 11) is 0. The van der Waals surface area contributed by atoms with Crippen LogP contribution in [0.1, 0.15) is 47.1 Å². The number of carbonyl (C=O) groups excluding carboxylic acids is 1. The zero-order valence-corrected chi connectivity index (χ0v) is 19.4. The average Bonchev–Trinajstić information content (AvgIpc) is 3.27. The molecule has 2 aromatic carbocycles. The van der Waals surface area contributed by atoms with Crippen molar-refractivity contribution in [1.82, 2.24) is 9.97 Å². The molecule has 0 saturated heterocycles. The zero-order valence-electron chi connectivity index (χ0n) is 18.6. The van der Waals surface area contributed by atoms with E-state index in [4.69, 9.17) is 4.98 Å². The summed E-state index contributed by atoms with van der Waals surface area (Å²) in [5.74, 6) is -3.06. The monoisotopic (exact) mass is 491 g/mol. The second-order valence-electron chi connectivity index (χ2n) is 8.16. The second-order valence-corrected chi connectivity index (χ2v) is 9.00. The van der Waals surface area contributed by atoms with E-state index in [1.807, 2.05) is 12.1 Å². The number of halogens is 2. The molecule has 176 valence electrons. The third kappa shape index (κ3) is 4.19. The van der Waals surface area contributed by atoms with Gasteiger partial charge in [0.25, 0.3) is 0 Å². The van der Waals surface area contributed by atoms with E-state index in [0.29, 0.717) is 40.7 Å². The van der Waals surface area contributed by atoms with Gasteiger partial charge in [0.2, 0.25) is 5.91 Å². The average molecular weight is 492 g/mol. The summed E-state index contributed by atoms with van der Waals surface area (Å²) in [6.45, 7) is 1.28. The molecule has 5 rings (SSSR count). The first kappa shape index (κ1) is 22.8. The van der Waals surface area contributed by atoms with E-state index in [1.54, 1.807) is 23.6 Å². The lowest BCUT2D eigenvalue weighted by Gasteiger charge is -2.21. The van der Waals surface area contributed by atoms with Gasteiger partial charge >= 0.3 is 5.97 Å². The van der Waals surface area contributed by atoms with Crippen molar-refractivity contribution in [2.45, 2.75) is 26.2 Å². The second kappa shape index (κ2) is 8.99. The Bertz CT molecular complexity index is 1530. The van der Waals surface area contributed by atoms with Gasteiger partial charge in [-0.3, -0.25) is 9.69 Å². The summed E-state index contributed by atoms with van der Waals surface area (Å²) >= 11 is 1.15. The fourth-order valence-electron chi connectivity index (χ4n) is 4.41. The maximum Gasteiger partial charge on any atom is 0.336 e. The molecule has 0 saturated carbocycles. The number of aromatic nitrogens is 2. The Morgan fingerprint density at radius 1 is 1.11 bits per heavy atom. The van der Waals surface area contributed by atoms with Crippen molar-refractivity contribution in [2.75, 3.05) is 4.90 Å². The van der Waals surface area contributed by atoms with Gasteiger partial charge in [-0.05, 0) is 54.7 Å². The van der Waals surface area contributed by atoms with Gasteiger partial charge in [-0.25, -0.2) is 23.5 Å². The molecule has 0 spiro atoms. The topological polar surface area (TPSA) is 83.4 Å². The van der Waals surface area contributed by atoms with E-state index in [9.17, 15) is 23.5 Å². The molecule has 1 aliphatic rings. The summed E-state index contributed by atoms with van der Waals surface area (Å²) in [6, 6.07) is 10.2. The van der Waals surface area contributed by atoms with Crippen molar-refractivity contribution in [3.63, 3.8) is 0 Å². The summed E-state index contributed by atoms with van der Waals surface area (Å²) in [6.07, 6.45) is 3.88. The zero-order chi connectivity index (χ0) is 24.7. The Morgan fingerprint density at radius 2 is 1.91 bits per heavy atom. The van der Waals surface area contributed by atoms with Crippen molar-refractivity contribution >= 4 is 56.6 Å². The number of anilines is 2. The Hall–Kier alpha value is -3.98. The van der Waals surface area contributed by atoms with Gasteiger partial charge < -0.3 is 5.11 Å². The lowest BCUT2D eigenvalue weighted by atomic mass is 9.86. The minimum Gasteiger partial charge on any atom is -0.478 e. The first-order chi connectivity index (χ1) is 16.8. The summed E-state index contributed by atoms with van der Waals surface area (Å²) in [5, 5.41) is 12.5. The molecule has 9 heteroatoms. The predicted molar refractivity (Wildman–Crippen MR) is 131 cm³/mol. The van der Waals surface area contributed by atoms with Crippen LogP contribution in [0.3, 0.4) is 0 Å². The van der Waals surface area contributed by atoms with Crippen LogP contribution in [0.5, 0.6) is 0 Å². The largest absolute Gasteiger partial charge is 0.478 e. The molecule has 2 heterocycles. The quantitative estimate of drug-likeness (QED) is 0.366. The number of carbonyl (C=O) groups is 2. The van der Waals surface area contributed by atoms with Crippen LogP contribution in [-0.4, -0.2) is 27.0 Å². The van der Waals surface area contributed by atoms with E-state index in [2.05, 4.69) is 4.98 Å². The summed E-state index contributed by atoms with van der Waals surface area (Å²) in [5.41, 5.74) is 3.49. The molecular formula is C26H19F2N3O3S. The minimum atomic E-state index is -0.990. The normalized spacial score (nSPS) is 14.2. The summed E-state index contributed by atoms with van der Waals surface area (Å²) < 4.78 is 27.8. The van der Waals surface area contributed by atoms with Gasteiger partial charge in [-0.2, -0.15) is 0 Å². The number of allylic oxidation sites excluding steroid dienone is 1. The highest BCUT2D eigenvalue weighted by atomic mass is 32.1. The Labute approximate surface area is 203 Å². The van der Waals surface area contributed by atoms with Crippen molar-refractivity contribution < 1.29 is 23.5 Å². The van der Waals surface area contributed by atoms with Crippen LogP contribution >= 0.6 is 11.3 Å². The van der Waals surface area contributed by atoms with Crippen LogP contribution in [0.15, 0.2) is 47.8 Å². The SMILES string of the molecule is CC(=O)N(c1nc(/C=C2\CCCc3c2nc2ccccc2c3C(=O)O)cs1)c1ccc(F)cc1F. The molecule has 0 fully saturated rings. The molecule has 0 radical (unpaired) electrons. The Kier molecular flexibility index (Phi) is 5.86. The number of benzene rings is 2. The first-order valence-corrected chi connectivity index (χ1v) is 11.8. The van der Waals surface area contributed by atoms with Crippen LogP contribution in [0, 0.1) is 11.6 Å². The van der Waals surface area contributed by atoms with Gasteiger partial charge in [-0.1, -0.05) is 18.2 Å². The molecular weight excluding hydrogens is 472 g/mol. The van der Waals surface area contributed by atoms with Crippen molar-refractivity contribution in [1.29, 1.82) is 0 Å². The van der Waals surface area contributed by atoms with E-state index in [0.717, 1.165) is 40.4 Å². The molecule has 0 atom stereocenters. The van der Waals surface area contributed by atoms with Gasteiger partial charge in [0.15, 0.2) is 5.13 Å². The van der Waals surface area contributed by atoms with Gasteiger partial charge in [0.05, 0.1) is 28.2 Å². The van der Waals surface area contributed by atoms with Crippen LogP contribution in [0.4, 0.5) is 19.6 Å². The third-order valence-electron chi connectivity index (χ3n) is 5.87. The number of hydrogen-bond acceptors (Lipinski definition) is 5.